The summed E-state index contributed by atoms with van der Waals surface area (Å²) in [4.78, 5) is 21.3. The maximum absolute atomic E-state index is 11.4. The van der Waals surface area contributed by atoms with Crippen LogP contribution in [0.5, 0.6) is 0 Å². The quantitative estimate of drug-likeness (QED) is 0.494. The number of guanidine groups is 1. The SMILES string of the molecule is CN=C(NCc1ccc(C(=O)OC)cc1)NCc1nc(C)c(C)s1. The summed E-state index contributed by atoms with van der Waals surface area (Å²) in [6, 6.07) is 7.28. The van der Waals surface area contributed by atoms with Crippen molar-refractivity contribution in [1.82, 2.24) is 15.6 Å². The molecule has 0 spiro atoms. The zero-order valence-electron chi connectivity index (χ0n) is 14.3. The summed E-state index contributed by atoms with van der Waals surface area (Å²) < 4.78 is 4.69. The van der Waals surface area contributed by atoms with Crippen molar-refractivity contribution < 1.29 is 9.53 Å². The molecule has 7 heteroatoms. The van der Waals surface area contributed by atoms with Crippen LogP contribution in [0, 0.1) is 13.8 Å². The number of nitrogens with one attached hydrogen (secondary N) is 2. The second-order valence-electron chi connectivity index (χ2n) is 5.22. The molecule has 128 valence electrons. The van der Waals surface area contributed by atoms with Crippen LogP contribution in [0.4, 0.5) is 0 Å². The summed E-state index contributed by atoms with van der Waals surface area (Å²) in [6.07, 6.45) is 0. The van der Waals surface area contributed by atoms with Gasteiger partial charge in [0, 0.05) is 18.5 Å². The standard InChI is InChI=1S/C17H22N4O2S/c1-11-12(2)24-15(21-11)10-20-17(18-3)19-9-13-5-7-14(8-6-13)16(22)23-4/h5-8H,9-10H2,1-4H3,(H2,18,19,20). The molecular formula is C17H22N4O2S. The highest BCUT2D eigenvalue weighted by atomic mass is 32.1. The van der Waals surface area contributed by atoms with Crippen molar-refractivity contribution >= 4 is 23.3 Å². The Hall–Kier alpha value is -2.41. The van der Waals surface area contributed by atoms with E-state index >= 15 is 0 Å². The van der Waals surface area contributed by atoms with Crippen molar-refractivity contribution in [2.24, 2.45) is 4.99 Å². The average molecular weight is 346 g/mol. The summed E-state index contributed by atoms with van der Waals surface area (Å²) in [5.41, 5.74) is 2.66. The van der Waals surface area contributed by atoms with Crippen LogP contribution in [0.15, 0.2) is 29.3 Å². The van der Waals surface area contributed by atoms with Crippen LogP contribution >= 0.6 is 11.3 Å². The third-order valence-electron chi connectivity index (χ3n) is 3.54. The number of hydrogen-bond acceptors (Lipinski definition) is 5. The van der Waals surface area contributed by atoms with Crippen LogP contribution in [0.25, 0.3) is 0 Å². The maximum Gasteiger partial charge on any atom is 0.337 e. The molecule has 1 aromatic carbocycles. The van der Waals surface area contributed by atoms with Gasteiger partial charge in [0.05, 0.1) is 24.9 Å². The third kappa shape index (κ3) is 4.79. The lowest BCUT2D eigenvalue weighted by atomic mass is 10.1. The largest absolute Gasteiger partial charge is 0.465 e. The second-order valence-corrected chi connectivity index (χ2v) is 6.50. The molecular weight excluding hydrogens is 324 g/mol. The number of methoxy groups -OCH3 is 1. The third-order valence-corrected chi connectivity index (χ3v) is 4.61. The smallest absolute Gasteiger partial charge is 0.337 e. The minimum absolute atomic E-state index is 0.332. The zero-order chi connectivity index (χ0) is 17.5. The molecule has 2 rings (SSSR count). The van der Waals surface area contributed by atoms with E-state index < -0.39 is 0 Å². The van der Waals surface area contributed by atoms with Gasteiger partial charge in [-0.25, -0.2) is 9.78 Å². The van der Waals surface area contributed by atoms with E-state index in [1.54, 1.807) is 30.5 Å². The van der Waals surface area contributed by atoms with Gasteiger partial charge in [0.25, 0.3) is 0 Å². The van der Waals surface area contributed by atoms with Gasteiger partial charge in [-0.05, 0) is 31.5 Å². The molecule has 0 amide bonds. The van der Waals surface area contributed by atoms with Crippen molar-refractivity contribution in [3.05, 3.63) is 51.0 Å². The van der Waals surface area contributed by atoms with Crippen LogP contribution in [-0.4, -0.2) is 31.1 Å². The number of aliphatic imine (C=N–C) groups is 1. The summed E-state index contributed by atoms with van der Waals surface area (Å²) in [5.74, 6) is 0.374. The van der Waals surface area contributed by atoms with Crippen molar-refractivity contribution in [2.75, 3.05) is 14.2 Å². The van der Waals surface area contributed by atoms with E-state index in [0.29, 0.717) is 24.6 Å². The van der Waals surface area contributed by atoms with Gasteiger partial charge >= 0.3 is 5.97 Å². The van der Waals surface area contributed by atoms with Gasteiger partial charge in [-0.15, -0.1) is 11.3 Å². The monoisotopic (exact) mass is 346 g/mol. The highest BCUT2D eigenvalue weighted by molar-refractivity contribution is 7.11. The van der Waals surface area contributed by atoms with Gasteiger partial charge in [0.2, 0.25) is 0 Å². The number of carbonyl (C=O) groups is 1. The highest BCUT2D eigenvalue weighted by Gasteiger charge is 2.06. The summed E-state index contributed by atoms with van der Waals surface area (Å²) in [5, 5.41) is 7.52. The Morgan fingerprint density at radius 3 is 2.42 bits per heavy atom. The normalized spacial score (nSPS) is 11.2. The fourth-order valence-corrected chi connectivity index (χ4v) is 2.93. The Labute approximate surface area is 146 Å². The molecule has 0 bridgehead atoms. The molecule has 0 atom stereocenters. The fraction of sp³-hybridized carbons (Fsp3) is 0.353. The highest BCUT2D eigenvalue weighted by Crippen LogP contribution is 2.15. The van der Waals surface area contributed by atoms with Crippen LogP contribution in [-0.2, 0) is 17.8 Å². The Morgan fingerprint density at radius 1 is 1.21 bits per heavy atom. The molecule has 0 aliphatic carbocycles. The predicted molar refractivity (Wildman–Crippen MR) is 96.4 cm³/mol. The first-order valence-electron chi connectivity index (χ1n) is 7.58. The van der Waals surface area contributed by atoms with Crippen molar-refractivity contribution in [3.8, 4) is 0 Å². The van der Waals surface area contributed by atoms with Crippen LogP contribution < -0.4 is 10.6 Å². The van der Waals surface area contributed by atoms with Gasteiger partial charge in [-0.2, -0.15) is 0 Å². The number of benzene rings is 1. The molecule has 0 aliphatic heterocycles. The summed E-state index contributed by atoms with van der Waals surface area (Å²) >= 11 is 1.69. The van der Waals surface area contributed by atoms with Crippen molar-refractivity contribution in [2.45, 2.75) is 26.9 Å². The van der Waals surface area contributed by atoms with Gasteiger partial charge in [-0.3, -0.25) is 4.99 Å². The maximum atomic E-state index is 11.4. The Morgan fingerprint density at radius 2 is 1.88 bits per heavy atom. The molecule has 24 heavy (non-hydrogen) atoms. The number of thiazole rings is 1. The van der Waals surface area contributed by atoms with E-state index in [2.05, 4.69) is 32.3 Å². The van der Waals surface area contributed by atoms with Gasteiger partial charge < -0.3 is 15.4 Å². The molecule has 0 unspecified atom stereocenters. The van der Waals surface area contributed by atoms with Crippen LogP contribution in [0.1, 0.15) is 31.5 Å². The number of aryl methyl sites for hydroxylation is 2. The average Bonchev–Trinajstić information content (AvgIpc) is 2.93. The van der Waals surface area contributed by atoms with Gasteiger partial charge in [0.15, 0.2) is 5.96 Å². The molecule has 6 nitrogen and oxygen atoms in total. The van der Waals surface area contributed by atoms with E-state index in [-0.39, 0.29) is 5.97 Å². The predicted octanol–water partition coefficient (Wildman–Crippen LogP) is 2.41. The zero-order valence-corrected chi connectivity index (χ0v) is 15.2. The topological polar surface area (TPSA) is 75.6 Å². The molecule has 2 aromatic rings. The van der Waals surface area contributed by atoms with E-state index in [0.717, 1.165) is 16.3 Å². The van der Waals surface area contributed by atoms with Gasteiger partial charge in [0.1, 0.15) is 5.01 Å². The summed E-state index contributed by atoms with van der Waals surface area (Å²) in [6.45, 7) is 5.33. The first kappa shape index (κ1) is 17.9. The lowest BCUT2D eigenvalue weighted by Crippen LogP contribution is -2.36. The van der Waals surface area contributed by atoms with Crippen molar-refractivity contribution in [1.29, 1.82) is 0 Å². The van der Waals surface area contributed by atoms with Crippen LogP contribution in [0.3, 0.4) is 0 Å². The first-order valence-corrected chi connectivity index (χ1v) is 8.39. The molecule has 0 radical (unpaired) electrons. The Balaban J connectivity index is 1.86. The Bertz CT molecular complexity index is 703. The minimum Gasteiger partial charge on any atom is -0.465 e. The Kier molecular flexibility index (Phi) is 6.31. The molecule has 1 heterocycles. The molecule has 0 saturated carbocycles. The lowest BCUT2D eigenvalue weighted by Gasteiger charge is -2.11. The van der Waals surface area contributed by atoms with E-state index in [4.69, 9.17) is 0 Å². The van der Waals surface area contributed by atoms with E-state index in [1.807, 2.05) is 19.1 Å². The number of esters is 1. The van der Waals surface area contributed by atoms with Crippen molar-refractivity contribution in [3.63, 3.8) is 0 Å². The number of hydrogen-bond donors (Lipinski definition) is 2. The number of carbonyl (C=O) groups excluding carboxylic acids is 1. The summed E-state index contributed by atoms with van der Waals surface area (Å²) in [7, 11) is 3.10. The lowest BCUT2D eigenvalue weighted by molar-refractivity contribution is 0.0600. The second kappa shape index (κ2) is 8.44. The molecule has 0 fully saturated rings. The first-order chi connectivity index (χ1) is 11.5. The number of rotatable bonds is 5. The molecule has 0 aliphatic rings. The molecule has 2 N–H and O–H groups in total. The van der Waals surface area contributed by atoms with Crippen LogP contribution in [0.2, 0.25) is 0 Å². The molecule has 0 saturated heterocycles. The van der Waals surface area contributed by atoms with E-state index in [9.17, 15) is 4.79 Å². The number of aromatic nitrogens is 1. The fourth-order valence-electron chi connectivity index (χ4n) is 2.06. The van der Waals surface area contributed by atoms with Gasteiger partial charge in [-0.1, -0.05) is 12.1 Å². The van der Waals surface area contributed by atoms with E-state index in [1.165, 1.54) is 12.0 Å². The molecule has 1 aromatic heterocycles. The number of nitrogens with zero attached hydrogens (tertiary/aromatic N) is 2. The number of ether oxygens (including phenoxy) is 1. The minimum atomic E-state index is -0.332.